The van der Waals surface area contributed by atoms with E-state index >= 15 is 0 Å². The zero-order chi connectivity index (χ0) is 19.8. The fourth-order valence-corrected chi connectivity index (χ4v) is 2.67. The number of rotatable bonds is 8. The van der Waals surface area contributed by atoms with E-state index in [2.05, 4.69) is 10.6 Å². The lowest BCUT2D eigenvalue weighted by atomic mass is 10.1. The Bertz CT molecular complexity index is 961. The largest absolute Gasteiger partial charge is 0.459 e. The second kappa shape index (κ2) is 9.36. The van der Waals surface area contributed by atoms with Crippen LogP contribution in [0.4, 0.5) is 5.69 Å². The summed E-state index contributed by atoms with van der Waals surface area (Å²) in [6.45, 7) is -0.0579. The summed E-state index contributed by atoms with van der Waals surface area (Å²) < 4.78 is 9.95. The van der Waals surface area contributed by atoms with Gasteiger partial charge in [-0.3, -0.25) is 14.4 Å². The molecule has 144 valence electrons. The molecule has 0 fully saturated rings. The number of fused-ring (bicyclic) bond motifs is 1. The molecule has 0 saturated heterocycles. The molecule has 3 aromatic rings. The summed E-state index contributed by atoms with van der Waals surface area (Å²) in [5.41, 5.74) is 0.666. The van der Waals surface area contributed by atoms with Gasteiger partial charge in [-0.25, -0.2) is 0 Å². The SMILES string of the molecule is O=C(COC(=O)CCCNC(=O)c1ccco1)Nc1cccc2ccccc12. The number of nitrogens with one attached hydrogen (secondary N) is 2. The molecular formula is C21H20N2O5. The molecule has 0 saturated carbocycles. The summed E-state index contributed by atoms with van der Waals surface area (Å²) in [4.78, 5) is 35.5. The molecule has 7 nitrogen and oxygen atoms in total. The molecule has 1 aromatic heterocycles. The average Bonchev–Trinajstić information content (AvgIpc) is 3.25. The number of anilines is 1. The monoisotopic (exact) mass is 380 g/mol. The van der Waals surface area contributed by atoms with Crippen molar-refractivity contribution < 1.29 is 23.5 Å². The first-order valence-corrected chi connectivity index (χ1v) is 8.88. The molecule has 0 aliphatic carbocycles. The Balaban J connectivity index is 1.37. The second-order valence-corrected chi connectivity index (χ2v) is 6.07. The van der Waals surface area contributed by atoms with Crippen molar-refractivity contribution in [3.8, 4) is 0 Å². The molecule has 7 heteroatoms. The molecule has 0 unspecified atom stereocenters. The van der Waals surface area contributed by atoms with Crippen LogP contribution in [0.3, 0.4) is 0 Å². The van der Waals surface area contributed by atoms with Crippen molar-refractivity contribution in [1.29, 1.82) is 0 Å². The molecule has 0 aliphatic heterocycles. The van der Waals surface area contributed by atoms with Crippen molar-refractivity contribution in [3.05, 3.63) is 66.6 Å². The Morgan fingerprint density at radius 1 is 0.964 bits per heavy atom. The predicted molar refractivity (Wildman–Crippen MR) is 104 cm³/mol. The van der Waals surface area contributed by atoms with E-state index < -0.39 is 11.9 Å². The van der Waals surface area contributed by atoms with Crippen LogP contribution in [0, 0.1) is 0 Å². The van der Waals surface area contributed by atoms with Gasteiger partial charge < -0.3 is 19.8 Å². The number of esters is 1. The maximum Gasteiger partial charge on any atom is 0.306 e. The van der Waals surface area contributed by atoms with Crippen molar-refractivity contribution in [3.63, 3.8) is 0 Å². The fourth-order valence-electron chi connectivity index (χ4n) is 2.67. The van der Waals surface area contributed by atoms with Gasteiger partial charge in [-0.2, -0.15) is 0 Å². The molecule has 1 heterocycles. The highest BCUT2D eigenvalue weighted by Crippen LogP contribution is 2.22. The zero-order valence-electron chi connectivity index (χ0n) is 15.1. The molecule has 0 aliphatic rings. The van der Waals surface area contributed by atoms with Gasteiger partial charge in [0, 0.05) is 24.0 Å². The average molecular weight is 380 g/mol. The van der Waals surface area contributed by atoms with Gasteiger partial charge in [0.05, 0.1) is 6.26 Å². The zero-order valence-corrected chi connectivity index (χ0v) is 15.1. The third-order valence-electron chi connectivity index (χ3n) is 4.02. The van der Waals surface area contributed by atoms with Crippen LogP contribution in [0.25, 0.3) is 10.8 Å². The summed E-state index contributed by atoms with van der Waals surface area (Å²) in [5, 5.41) is 7.31. The lowest BCUT2D eigenvalue weighted by Gasteiger charge is -2.09. The number of ether oxygens (including phenoxy) is 1. The van der Waals surface area contributed by atoms with Crippen LogP contribution in [0.1, 0.15) is 23.4 Å². The van der Waals surface area contributed by atoms with E-state index in [9.17, 15) is 14.4 Å². The quantitative estimate of drug-likeness (QED) is 0.462. The van der Waals surface area contributed by atoms with Crippen LogP contribution in [0.15, 0.2) is 65.3 Å². The van der Waals surface area contributed by atoms with E-state index in [0.717, 1.165) is 10.8 Å². The minimum absolute atomic E-state index is 0.0972. The van der Waals surface area contributed by atoms with Crippen LogP contribution in [0.2, 0.25) is 0 Å². The lowest BCUT2D eigenvalue weighted by molar-refractivity contribution is -0.147. The Kier molecular flexibility index (Phi) is 6.41. The molecule has 2 N–H and O–H groups in total. The van der Waals surface area contributed by atoms with Gasteiger partial charge in [0.15, 0.2) is 12.4 Å². The van der Waals surface area contributed by atoms with Crippen molar-refractivity contribution in [2.75, 3.05) is 18.5 Å². The number of benzene rings is 2. The summed E-state index contributed by atoms with van der Waals surface area (Å²) >= 11 is 0. The normalized spacial score (nSPS) is 10.4. The van der Waals surface area contributed by atoms with Gasteiger partial charge in [-0.15, -0.1) is 0 Å². The summed E-state index contributed by atoms with van der Waals surface area (Å²) in [5.74, 6) is -1.03. The van der Waals surface area contributed by atoms with Gasteiger partial charge >= 0.3 is 5.97 Å². The smallest absolute Gasteiger partial charge is 0.306 e. The molecule has 0 radical (unpaired) electrons. The van der Waals surface area contributed by atoms with Crippen molar-refractivity contribution in [1.82, 2.24) is 5.32 Å². The van der Waals surface area contributed by atoms with Gasteiger partial charge in [0.25, 0.3) is 11.8 Å². The van der Waals surface area contributed by atoms with Crippen LogP contribution >= 0.6 is 0 Å². The Hall–Kier alpha value is -3.61. The fraction of sp³-hybridized carbons (Fsp3) is 0.190. The van der Waals surface area contributed by atoms with E-state index in [1.54, 1.807) is 18.2 Å². The van der Waals surface area contributed by atoms with Crippen LogP contribution in [-0.2, 0) is 14.3 Å². The van der Waals surface area contributed by atoms with Crippen LogP contribution < -0.4 is 10.6 Å². The van der Waals surface area contributed by atoms with Crippen LogP contribution in [-0.4, -0.2) is 30.9 Å². The lowest BCUT2D eigenvalue weighted by Crippen LogP contribution is -2.25. The minimum atomic E-state index is -0.500. The van der Waals surface area contributed by atoms with E-state index in [1.807, 2.05) is 36.4 Å². The van der Waals surface area contributed by atoms with Gasteiger partial charge in [0.1, 0.15) is 0 Å². The predicted octanol–water partition coefficient (Wildman–Crippen LogP) is 3.12. The highest BCUT2D eigenvalue weighted by Gasteiger charge is 2.11. The Labute approximate surface area is 161 Å². The van der Waals surface area contributed by atoms with Crippen LogP contribution in [0.5, 0.6) is 0 Å². The molecule has 2 amide bonds. The number of furan rings is 1. The van der Waals surface area contributed by atoms with Gasteiger partial charge in [0.2, 0.25) is 0 Å². The Morgan fingerprint density at radius 3 is 2.61 bits per heavy atom. The molecule has 0 spiro atoms. The summed E-state index contributed by atoms with van der Waals surface area (Å²) in [6.07, 6.45) is 1.91. The van der Waals surface area contributed by atoms with Crippen molar-refractivity contribution >= 4 is 34.2 Å². The number of amides is 2. The van der Waals surface area contributed by atoms with E-state index in [4.69, 9.17) is 9.15 Å². The number of hydrogen-bond acceptors (Lipinski definition) is 5. The van der Waals surface area contributed by atoms with E-state index in [0.29, 0.717) is 18.7 Å². The highest BCUT2D eigenvalue weighted by molar-refractivity contribution is 6.02. The summed E-state index contributed by atoms with van der Waals surface area (Å²) in [7, 11) is 0. The third kappa shape index (κ3) is 5.20. The number of carbonyl (C=O) groups is 3. The minimum Gasteiger partial charge on any atom is -0.459 e. The van der Waals surface area contributed by atoms with E-state index in [1.165, 1.54) is 6.26 Å². The first-order valence-electron chi connectivity index (χ1n) is 8.88. The molecule has 2 aromatic carbocycles. The molecule has 0 bridgehead atoms. The van der Waals surface area contributed by atoms with Gasteiger partial charge in [-0.05, 0) is 30.0 Å². The maximum absolute atomic E-state index is 12.1. The molecule has 28 heavy (non-hydrogen) atoms. The standard InChI is InChI=1S/C21H20N2O5/c24-19(23-17-9-3-7-15-6-1-2-8-16(15)17)14-28-20(25)11-4-12-22-21(26)18-10-5-13-27-18/h1-3,5-10,13H,4,11-12,14H2,(H,22,26)(H,23,24). The number of hydrogen-bond donors (Lipinski definition) is 2. The van der Waals surface area contributed by atoms with E-state index in [-0.39, 0.29) is 24.7 Å². The molecule has 0 atom stereocenters. The summed E-state index contributed by atoms with van der Waals surface area (Å²) in [6, 6.07) is 16.5. The molecular weight excluding hydrogens is 360 g/mol. The second-order valence-electron chi connectivity index (χ2n) is 6.07. The maximum atomic E-state index is 12.1. The first kappa shape index (κ1) is 19.2. The third-order valence-corrected chi connectivity index (χ3v) is 4.02. The highest BCUT2D eigenvalue weighted by atomic mass is 16.5. The van der Waals surface area contributed by atoms with Gasteiger partial charge in [-0.1, -0.05) is 36.4 Å². The number of carbonyl (C=O) groups excluding carboxylic acids is 3. The topological polar surface area (TPSA) is 97.6 Å². The van der Waals surface area contributed by atoms with Crippen molar-refractivity contribution in [2.45, 2.75) is 12.8 Å². The Morgan fingerprint density at radius 2 is 1.79 bits per heavy atom. The first-order chi connectivity index (χ1) is 13.6. The molecule has 3 rings (SSSR count). The van der Waals surface area contributed by atoms with Crippen molar-refractivity contribution in [2.24, 2.45) is 0 Å².